The molecule has 3 heteroatoms. The first-order valence-electron chi connectivity index (χ1n) is 14.2. The second-order valence-electron chi connectivity index (χ2n) is 11.1. The van der Waals surface area contributed by atoms with Crippen LogP contribution in [0.15, 0.2) is 12.1 Å². The molecule has 2 aliphatic carbocycles. The lowest BCUT2D eigenvalue weighted by Gasteiger charge is -2.39. The van der Waals surface area contributed by atoms with E-state index in [0.29, 0.717) is 12.2 Å². The molecule has 0 spiro atoms. The summed E-state index contributed by atoms with van der Waals surface area (Å²) in [5.41, 5.74) is 0.562. The normalized spacial score (nSPS) is 26.8. The van der Waals surface area contributed by atoms with Gasteiger partial charge < -0.3 is 4.74 Å². The number of hydrogen-bond acceptors (Lipinski definition) is 1. The Balaban J connectivity index is 1.46. The lowest BCUT2D eigenvalue weighted by molar-refractivity contribution is 0.131. The minimum absolute atomic E-state index is 0.0694. The van der Waals surface area contributed by atoms with Crippen LogP contribution >= 0.6 is 0 Å². The number of ether oxygens (including phenoxy) is 1. The highest BCUT2D eigenvalue weighted by atomic mass is 19.2. The zero-order chi connectivity index (χ0) is 23.6. The van der Waals surface area contributed by atoms with Crippen LogP contribution in [0.3, 0.4) is 0 Å². The highest BCUT2D eigenvalue weighted by Crippen LogP contribution is 2.45. The summed E-state index contributed by atoms with van der Waals surface area (Å²) in [7, 11) is 0. The highest BCUT2D eigenvalue weighted by molar-refractivity contribution is 5.33. The number of halogens is 2. The molecule has 0 N–H and O–H groups in total. The summed E-state index contributed by atoms with van der Waals surface area (Å²) in [4.78, 5) is 0. The maximum atomic E-state index is 14.9. The van der Waals surface area contributed by atoms with Gasteiger partial charge in [0, 0.05) is 0 Å². The third kappa shape index (κ3) is 7.43. The first-order chi connectivity index (χ1) is 16.0. The monoisotopic (exact) mass is 462 g/mol. The summed E-state index contributed by atoms with van der Waals surface area (Å²) in [5.74, 6) is 2.09. The van der Waals surface area contributed by atoms with E-state index in [2.05, 4.69) is 20.8 Å². The van der Waals surface area contributed by atoms with Crippen LogP contribution in [0.2, 0.25) is 0 Å². The van der Waals surface area contributed by atoms with Crippen LogP contribution in [0.1, 0.15) is 129 Å². The summed E-state index contributed by atoms with van der Waals surface area (Å²) < 4.78 is 35.0. The largest absolute Gasteiger partial charge is 0.490 e. The van der Waals surface area contributed by atoms with Gasteiger partial charge in [-0.3, -0.25) is 0 Å². The number of unbranched alkanes of at least 4 members (excludes halogenated alkanes) is 4. The summed E-state index contributed by atoms with van der Waals surface area (Å²) in [5, 5.41) is 0. The van der Waals surface area contributed by atoms with Crippen molar-refractivity contribution in [3.8, 4) is 5.75 Å². The molecule has 3 rings (SSSR count). The maximum Gasteiger partial charge on any atom is 0.200 e. The van der Waals surface area contributed by atoms with Crippen molar-refractivity contribution in [3.05, 3.63) is 29.3 Å². The Kier molecular flexibility index (Phi) is 11.0. The van der Waals surface area contributed by atoms with Gasteiger partial charge in [0.2, 0.25) is 5.82 Å². The lowest BCUT2D eigenvalue weighted by Crippen LogP contribution is -2.28. The molecule has 0 aromatic heterocycles. The van der Waals surface area contributed by atoms with Crippen molar-refractivity contribution >= 4 is 0 Å². The van der Waals surface area contributed by atoms with E-state index in [1.807, 2.05) is 0 Å². The molecule has 1 aromatic rings. The number of hydrogen-bond donors (Lipinski definition) is 0. The molecule has 1 nitrogen and oxygen atoms in total. The molecule has 0 heterocycles. The SMILES string of the molecule is CCCCCOc1ccc([C@H]2CC[C@H](C(C)C3CCC(CCCCC)CC3)CC2)c(F)c1F. The van der Waals surface area contributed by atoms with E-state index >= 15 is 0 Å². The average molecular weight is 463 g/mol. The standard InChI is InChI=1S/C30H48F2O/c1-4-6-8-10-23-11-13-24(14-12-23)22(3)25-15-17-26(18-16-25)27-19-20-28(30(32)29(27)31)33-21-9-7-5-2/h19-20,22-26H,4-18,21H2,1-3H3/t22?,23?,24?,25-,26-. The van der Waals surface area contributed by atoms with Crippen LogP contribution < -0.4 is 4.74 Å². The third-order valence-corrected chi connectivity index (χ3v) is 8.89. The third-order valence-electron chi connectivity index (χ3n) is 8.89. The molecule has 2 aliphatic rings. The Morgan fingerprint density at radius 3 is 2.03 bits per heavy atom. The Bertz CT molecular complexity index is 687. The van der Waals surface area contributed by atoms with Gasteiger partial charge in [-0.2, -0.15) is 4.39 Å². The van der Waals surface area contributed by atoms with Crippen molar-refractivity contribution in [2.45, 2.75) is 123 Å². The van der Waals surface area contributed by atoms with E-state index in [9.17, 15) is 8.78 Å². The summed E-state index contributed by atoms with van der Waals surface area (Å²) in [6.45, 7) is 7.33. The van der Waals surface area contributed by atoms with E-state index in [0.717, 1.165) is 68.6 Å². The second kappa shape index (κ2) is 13.7. The first-order valence-corrected chi connectivity index (χ1v) is 14.2. The molecule has 1 unspecified atom stereocenters. The topological polar surface area (TPSA) is 9.23 Å². The maximum absolute atomic E-state index is 14.9. The molecule has 1 aromatic carbocycles. The van der Waals surface area contributed by atoms with Crippen molar-refractivity contribution in [1.29, 1.82) is 0 Å². The van der Waals surface area contributed by atoms with Crippen molar-refractivity contribution in [2.24, 2.45) is 23.7 Å². The van der Waals surface area contributed by atoms with Crippen LogP contribution in [-0.4, -0.2) is 6.61 Å². The summed E-state index contributed by atoms with van der Waals surface area (Å²) in [6.07, 6.45) is 18.5. The van der Waals surface area contributed by atoms with Gasteiger partial charge in [-0.25, -0.2) is 4.39 Å². The van der Waals surface area contributed by atoms with Crippen LogP contribution in [0.5, 0.6) is 5.75 Å². The number of benzene rings is 1. The Morgan fingerprint density at radius 2 is 1.39 bits per heavy atom. The van der Waals surface area contributed by atoms with Crippen LogP contribution in [-0.2, 0) is 0 Å². The molecule has 2 fully saturated rings. The first kappa shape index (κ1) is 26.5. The minimum atomic E-state index is -0.796. The van der Waals surface area contributed by atoms with E-state index < -0.39 is 11.6 Å². The molecule has 0 amide bonds. The van der Waals surface area contributed by atoms with Gasteiger partial charge >= 0.3 is 0 Å². The fraction of sp³-hybridized carbons (Fsp3) is 0.800. The molecular weight excluding hydrogens is 414 g/mol. The van der Waals surface area contributed by atoms with Crippen molar-refractivity contribution < 1.29 is 13.5 Å². The average Bonchev–Trinajstić information content (AvgIpc) is 2.85. The fourth-order valence-electron chi connectivity index (χ4n) is 6.53. The summed E-state index contributed by atoms with van der Waals surface area (Å²) in [6, 6.07) is 3.43. The highest BCUT2D eigenvalue weighted by Gasteiger charge is 2.33. The van der Waals surface area contributed by atoms with Crippen molar-refractivity contribution in [3.63, 3.8) is 0 Å². The molecular formula is C30H48F2O. The molecule has 0 aliphatic heterocycles. The van der Waals surface area contributed by atoms with Gasteiger partial charge in [0.15, 0.2) is 11.6 Å². The van der Waals surface area contributed by atoms with Crippen LogP contribution in [0, 0.1) is 35.3 Å². The van der Waals surface area contributed by atoms with Crippen LogP contribution in [0.4, 0.5) is 8.78 Å². The van der Waals surface area contributed by atoms with Gasteiger partial charge in [-0.05, 0) is 86.2 Å². The minimum Gasteiger partial charge on any atom is -0.490 e. The Morgan fingerprint density at radius 1 is 0.788 bits per heavy atom. The Labute approximate surface area is 202 Å². The van der Waals surface area contributed by atoms with Gasteiger partial charge in [-0.1, -0.05) is 78.2 Å². The molecule has 1 atom stereocenters. The molecule has 33 heavy (non-hydrogen) atoms. The second-order valence-corrected chi connectivity index (χ2v) is 11.1. The van der Waals surface area contributed by atoms with Crippen molar-refractivity contribution in [2.75, 3.05) is 6.61 Å². The molecule has 0 saturated heterocycles. The molecule has 0 radical (unpaired) electrons. The van der Waals surface area contributed by atoms with Gasteiger partial charge in [-0.15, -0.1) is 0 Å². The predicted molar refractivity (Wildman–Crippen MR) is 135 cm³/mol. The predicted octanol–water partition coefficient (Wildman–Crippen LogP) is 9.83. The van der Waals surface area contributed by atoms with E-state index in [1.54, 1.807) is 12.1 Å². The smallest absolute Gasteiger partial charge is 0.200 e. The zero-order valence-corrected chi connectivity index (χ0v) is 21.5. The fourth-order valence-corrected chi connectivity index (χ4v) is 6.53. The van der Waals surface area contributed by atoms with Crippen LogP contribution in [0.25, 0.3) is 0 Å². The summed E-state index contributed by atoms with van der Waals surface area (Å²) >= 11 is 0. The zero-order valence-electron chi connectivity index (χ0n) is 21.5. The van der Waals surface area contributed by atoms with Gasteiger partial charge in [0.25, 0.3) is 0 Å². The number of rotatable bonds is 12. The lowest BCUT2D eigenvalue weighted by atomic mass is 9.66. The quantitative estimate of drug-likeness (QED) is 0.281. The van der Waals surface area contributed by atoms with E-state index in [-0.39, 0.29) is 11.7 Å². The van der Waals surface area contributed by atoms with E-state index in [1.165, 1.54) is 51.4 Å². The molecule has 2 saturated carbocycles. The molecule has 0 bridgehead atoms. The Hall–Kier alpha value is -1.12. The van der Waals surface area contributed by atoms with Crippen molar-refractivity contribution in [1.82, 2.24) is 0 Å². The van der Waals surface area contributed by atoms with Gasteiger partial charge in [0.05, 0.1) is 6.61 Å². The molecule has 188 valence electrons. The van der Waals surface area contributed by atoms with Gasteiger partial charge in [0.1, 0.15) is 0 Å². The van der Waals surface area contributed by atoms with E-state index in [4.69, 9.17) is 4.74 Å².